The molecule has 0 radical (unpaired) electrons. The van der Waals surface area contributed by atoms with Gasteiger partial charge < -0.3 is 19.4 Å². The van der Waals surface area contributed by atoms with Crippen molar-refractivity contribution in [3.05, 3.63) is 33.9 Å². The van der Waals surface area contributed by atoms with Crippen molar-refractivity contribution in [2.45, 2.75) is 19.8 Å². The van der Waals surface area contributed by atoms with Crippen LogP contribution in [0.4, 0.5) is 16.2 Å². The minimum atomic E-state index is -0.427. The Morgan fingerprint density at radius 3 is 2.30 bits per heavy atom. The lowest BCUT2D eigenvalue weighted by Gasteiger charge is -2.34. The fourth-order valence-electron chi connectivity index (χ4n) is 3.52. The van der Waals surface area contributed by atoms with E-state index in [0.29, 0.717) is 44.0 Å². The number of nitro groups is 1. The van der Waals surface area contributed by atoms with E-state index in [-0.39, 0.29) is 17.7 Å². The van der Waals surface area contributed by atoms with Gasteiger partial charge in [-0.05, 0) is 31.9 Å². The maximum absolute atomic E-state index is 12.8. The van der Waals surface area contributed by atoms with Gasteiger partial charge in [0.05, 0.1) is 11.5 Å². The molecule has 1 aromatic rings. The Morgan fingerprint density at radius 2 is 1.70 bits per heavy atom. The van der Waals surface area contributed by atoms with Crippen LogP contribution >= 0.6 is 0 Å². The molecular formula is C18H24N4O5. The maximum atomic E-state index is 12.8. The quantitative estimate of drug-likeness (QED) is 0.590. The van der Waals surface area contributed by atoms with E-state index in [4.69, 9.17) is 4.74 Å². The SMILES string of the molecule is CCOC(=O)N1CCN(C(=O)c2ccc(N3CCCC3)c([N+](=O)[O-])c2)CC1. The second-order valence-corrected chi connectivity index (χ2v) is 6.63. The molecule has 2 aliphatic heterocycles. The van der Waals surface area contributed by atoms with Crippen molar-refractivity contribution in [3.63, 3.8) is 0 Å². The van der Waals surface area contributed by atoms with E-state index in [1.54, 1.807) is 28.9 Å². The zero-order chi connectivity index (χ0) is 19.4. The average molecular weight is 376 g/mol. The lowest BCUT2D eigenvalue weighted by Crippen LogP contribution is -2.50. The fraction of sp³-hybridized carbons (Fsp3) is 0.556. The van der Waals surface area contributed by atoms with Crippen LogP contribution in [0.1, 0.15) is 30.1 Å². The van der Waals surface area contributed by atoms with Crippen LogP contribution in [-0.4, -0.2) is 72.6 Å². The Kier molecular flexibility index (Phi) is 5.78. The van der Waals surface area contributed by atoms with Crippen LogP contribution in [0.3, 0.4) is 0 Å². The number of ether oxygens (including phenoxy) is 1. The van der Waals surface area contributed by atoms with Crippen LogP contribution in [0.5, 0.6) is 0 Å². The molecule has 2 aliphatic rings. The molecule has 0 aromatic heterocycles. The molecule has 146 valence electrons. The second-order valence-electron chi connectivity index (χ2n) is 6.63. The number of hydrogen-bond acceptors (Lipinski definition) is 6. The monoisotopic (exact) mass is 376 g/mol. The Hall–Kier alpha value is -2.84. The van der Waals surface area contributed by atoms with Gasteiger partial charge in [-0.3, -0.25) is 14.9 Å². The first-order valence-corrected chi connectivity index (χ1v) is 9.25. The average Bonchev–Trinajstić information content (AvgIpc) is 3.22. The van der Waals surface area contributed by atoms with Gasteiger partial charge in [-0.25, -0.2) is 4.79 Å². The minimum Gasteiger partial charge on any atom is -0.450 e. The summed E-state index contributed by atoms with van der Waals surface area (Å²) >= 11 is 0. The van der Waals surface area contributed by atoms with Gasteiger partial charge in [0, 0.05) is 50.9 Å². The van der Waals surface area contributed by atoms with Crippen molar-refractivity contribution in [2.75, 3.05) is 50.8 Å². The van der Waals surface area contributed by atoms with E-state index >= 15 is 0 Å². The maximum Gasteiger partial charge on any atom is 0.409 e. The largest absolute Gasteiger partial charge is 0.450 e. The summed E-state index contributed by atoms with van der Waals surface area (Å²) in [6.45, 7) is 5.17. The van der Waals surface area contributed by atoms with E-state index in [1.165, 1.54) is 6.07 Å². The summed E-state index contributed by atoms with van der Waals surface area (Å²) in [5.41, 5.74) is 0.836. The van der Waals surface area contributed by atoms with Crippen molar-refractivity contribution in [2.24, 2.45) is 0 Å². The number of hydrogen-bond donors (Lipinski definition) is 0. The zero-order valence-electron chi connectivity index (χ0n) is 15.4. The highest BCUT2D eigenvalue weighted by Crippen LogP contribution is 2.32. The Morgan fingerprint density at radius 1 is 1.07 bits per heavy atom. The molecule has 0 saturated carbocycles. The van der Waals surface area contributed by atoms with Crippen LogP contribution in [0.2, 0.25) is 0 Å². The molecule has 27 heavy (non-hydrogen) atoms. The summed E-state index contributed by atoms with van der Waals surface area (Å²) in [5.74, 6) is -0.255. The molecule has 2 amide bonds. The standard InChI is InChI=1S/C18H24N4O5/c1-2-27-18(24)21-11-9-20(10-12-21)17(23)14-5-6-15(16(13-14)22(25)26)19-7-3-4-8-19/h5-6,13H,2-4,7-12H2,1H3. The number of anilines is 1. The number of nitrogens with zero attached hydrogens (tertiary/aromatic N) is 4. The van der Waals surface area contributed by atoms with Crippen molar-refractivity contribution < 1.29 is 19.2 Å². The van der Waals surface area contributed by atoms with E-state index < -0.39 is 4.92 Å². The van der Waals surface area contributed by atoms with E-state index in [0.717, 1.165) is 25.9 Å². The molecule has 2 fully saturated rings. The number of amides is 2. The molecule has 0 atom stereocenters. The summed E-state index contributed by atoms with van der Waals surface area (Å²) < 4.78 is 4.97. The first-order chi connectivity index (χ1) is 13.0. The summed E-state index contributed by atoms with van der Waals surface area (Å²) in [6.07, 6.45) is 1.65. The smallest absolute Gasteiger partial charge is 0.409 e. The Balaban J connectivity index is 1.71. The third kappa shape index (κ3) is 4.12. The van der Waals surface area contributed by atoms with Crippen molar-refractivity contribution in [1.29, 1.82) is 0 Å². The third-order valence-electron chi connectivity index (χ3n) is 4.96. The van der Waals surface area contributed by atoms with Gasteiger partial charge in [0.2, 0.25) is 0 Å². The van der Waals surface area contributed by atoms with E-state index in [1.807, 2.05) is 4.90 Å². The topological polar surface area (TPSA) is 96.2 Å². The summed E-state index contributed by atoms with van der Waals surface area (Å²) in [5, 5.41) is 11.5. The Labute approximate surface area is 157 Å². The normalized spacial score (nSPS) is 17.1. The zero-order valence-corrected chi connectivity index (χ0v) is 15.4. The molecule has 0 aliphatic carbocycles. The van der Waals surface area contributed by atoms with Crippen LogP contribution < -0.4 is 4.90 Å². The summed E-state index contributed by atoms with van der Waals surface area (Å²) in [7, 11) is 0. The lowest BCUT2D eigenvalue weighted by molar-refractivity contribution is -0.384. The van der Waals surface area contributed by atoms with Crippen LogP contribution in [0, 0.1) is 10.1 Å². The molecule has 0 bridgehead atoms. The van der Waals surface area contributed by atoms with Gasteiger partial charge in [-0.15, -0.1) is 0 Å². The van der Waals surface area contributed by atoms with Gasteiger partial charge in [0.25, 0.3) is 11.6 Å². The second kappa shape index (κ2) is 8.24. The summed E-state index contributed by atoms with van der Waals surface area (Å²) in [6, 6.07) is 4.69. The highest BCUT2D eigenvalue weighted by atomic mass is 16.6. The number of nitro benzene ring substituents is 1. The predicted molar refractivity (Wildman–Crippen MR) is 99.0 cm³/mol. The number of carbonyl (C=O) groups is 2. The van der Waals surface area contributed by atoms with Crippen LogP contribution in [-0.2, 0) is 4.74 Å². The first kappa shape index (κ1) is 18.9. The van der Waals surface area contributed by atoms with Gasteiger partial charge in [-0.1, -0.05) is 0 Å². The predicted octanol–water partition coefficient (Wildman–Crippen LogP) is 2.11. The fourth-order valence-corrected chi connectivity index (χ4v) is 3.52. The first-order valence-electron chi connectivity index (χ1n) is 9.25. The van der Waals surface area contributed by atoms with Crippen molar-refractivity contribution in [1.82, 2.24) is 9.80 Å². The number of carbonyl (C=O) groups excluding carboxylic acids is 2. The van der Waals surface area contributed by atoms with Gasteiger partial charge in [0.1, 0.15) is 5.69 Å². The molecule has 9 heteroatoms. The molecule has 3 rings (SSSR count). The molecule has 9 nitrogen and oxygen atoms in total. The number of benzene rings is 1. The highest BCUT2D eigenvalue weighted by molar-refractivity contribution is 5.96. The Bertz CT molecular complexity index is 724. The molecule has 0 N–H and O–H groups in total. The molecule has 2 saturated heterocycles. The van der Waals surface area contributed by atoms with Gasteiger partial charge >= 0.3 is 6.09 Å². The lowest BCUT2D eigenvalue weighted by atomic mass is 10.1. The molecule has 0 unspecified atom stereocenters. The van der Waals surface area contributed by atoms with E-state index in [9.17, 15) is 19.7 Å². The molecule has 0 spiro atoms. The van der Waals surface area contributed by atoms with Crippen molar-refractivity contribution >= 4 is 23.4 Å². The number of piperazine rings is 1. The summed E-state index contributed by atoms with van der Waals surface area (Å²) in [4.78, 5) is 40.8. The van der Waals surface area contributed by atoms with Crippen LogP contribution in [0.25, 0.3) is 0 Å². The molecule has 2 heterocycles. The molecular weight excluding hydrogens is 352 g/mol. The van der Waals surface area contributed by atoms with Gasteiger partial charge in [-0.2, -0.15) is 0 Å². The molecule has 1 aromatic carbocycles. The number of rotatable bonds is 4. The van der Waals surface area contributed by atoms with E-state index in [2.05, 4.69) is 0 Å². The highest BCUT2D eigenvalue weighted by Gasteiger charge is 2.28. The van der Waals surface area contributed by atoms with Gasteiger partial charge in [0.15, 0.2) is 0 Å². The van der Waals surface area contributed by atoms with Crippen LogP contribution in [0.15, 0.2) is 18.2 Å². The minimum absolute atomic E-state index is 0.0343. The van der Waals surface area contributed by atoms with Crippen molar-refractivity contribution in [3.8, 4) is 0 Å². The third-order valence-corrected chi connectivity index (χ3v) is 4.96.